The van der Waals surface area contributed by atoms with Gasteiger partial charge < -0.3 is 15.4 Å². The molecule has 1 aromatic rings. The molecular formula is C13H18N2O2. The largest absolute Gasteiger partial charge is 0.484 e. The Morgan fingerprint density at radius 2 is 2.24 bits per heavy atom. The maximum absolute atomic E-state index is 11.5. The van der Waals surface area contributed by atoms with E-state index in [-0.39, 0.29) is 12.5 Å². The summed E-state index contributed by atoms with van der Waals surface area (Å²) in [5.41, 5.74) is 0. The van der Waals surface area contributed by atoms with Gasteiger partial charge in [-0.3, -0.25) is 4.79 Å². The first-order valence-corrected chi connectivity index (χ1v) is 6.00. The van der Waals surface area contributed by atoms with E-state index < -0.39 is 0 Å². The fourth-order valence-corrected chi connectivity index (χ4v) is 1.86. The Balaban J connectivity index is 1.64. The Kier molecular flexibility index (Phi) is 4.38. The van der Waals surface area contributed by atoms with Crippen LogP contribution < -0.4 is 15.4 Å². The van der Waals surface area contributed by atoms with Gasteiger partial charge in [-0.25, -0.2) is 0 Å². The minimum absolute atomic E-state index is 0.0549. The Morgan fingerprint density at radius 1 is 1.41 bits per heavy atom. The summed E-state index contributed by atoms with van der Waals surface area (Å²) in [6.07, 6.45) is 1.14. The van der Waals surface area contributed by atoms with Gasteiger partial charge >= 0.3 is 0 Å². The second-order valence-electron chi connectivity index (χ2n) is 4.26. The SMILES string of the molecule is O=C(COc1ccccc1)NCC1CCNC1. The van der Waals surface area contributed by atoms with Crippen molar-refractivity contribution in [1.29, 1.82) is 0 Å². The quantitative estimate of drug-likeness (QED) is 0.792. The molecule has 1 fully saturated rings. The van der Waals surface area contributed by atoms with Crippen molar-refractivity contribution >= 4 is 5.91 Å². The molecule has 0 bridgehead atoms. The summed E-state index contributed by atoms with van der Waals surface area (Å²) < 4.78 is 5.36. The summed E-state index contributed by atoms with van der Waals surface area (Å²) in [5, 5.41) is 6.16. The minimum atomic E-state index is -0.0549. The lowest BCUT2D eigenvalue weighted by Gasteiger charge is -2.10. The van der Waals surface area contributed by atoms with Crippen molar-refractivity contribution in [2.75, 3.05) is 26.2 Å². The van der Waals surface area contributed by atoms with Gasteiger partial charge in [-0.2, -0.15) is 0 Å². The van der Waals surface area contributed by atoms with Gasteiger partial charge in [0.2, 0.25) is 0 Å². The molecular weight excluding hydrogens is 216 g/mol. The van der Waals surface area contributed by atoms with Crippen molar-refractivity contribution in [3.05, 3.63) is 30.3 Å². The molecule has 0 spiro atoms. The normalized spacial score (nSPS) is 18.9. The number of benzene rings is 1. The predicted molar refractivity (Wildman–Crippen MR) is 65.9 cm³/mol. The van der Waals surface area contributed by atoms with E-state index in [0.29, 0.717) is 5.92 Å². The van der Waals surface area contributed by atoms with Gasteiger partial charge in [0.05, 0.1) is 0 Å². The molecule has 1 saturated heterocycles. The highest BCUT2D eigenvalue weighted by Crippen LogP contribution is 2.08. The molecule has 2 rings (SSSR count). The highest BCUT2D eigenvalue weighted by Gasteiger charge is 2.15. The third kappa shape index (κ3) is 4.07. The van der Waals surface area contributed by atoms with Crippen LogP contribution in [0.4, 0.5) is 0 Å². The third-order valence-electron chi connectivity index (χ3n) is 2.86. The van der Waals surface area contributed by atoms with E-state index in [4.69, 9.17) is 4.74 Å². The lowest BCUT2D eigenvalue weighted by atomic mass is 10.1. The number of amides is 1. The molecule has 4 nitrogen and oxygen atoms in total. The summed E-state index contributed by atoms with van der Waals surface area (Å²) in [4.78, 5) is 11.5. The number of hydrogen-bond donors (Lipinski definition) is 2. The third-order valence-corrected chi connectivity index (χ3v) is 2.86. The highest BCUT2D eigenvalue weighted by atomic mass is 16.5. The van der Waals surface area contributed by atoms with Crippen LogP contribution in [0.1, 0.15) is 6.42 Å². The molecule has 92 valence electrons. The minimum Gasteiger partial charge on any atom is -0.484 e. The molecule has 1 aromatic carbocycles. The van der Waals surface area contributed by atoms with Crippen molar-refractivity contribution in [3.8, 4) is 5.75 Å². The number of rotatable bonds is 5. The summed E-state index contributed by atoms with van der Waals surface area (Å²) in [7, 11) is 0. The average molecular weight is 234 g/mol. The second kappa shape index (κ2) is 6.25. The summed E-state index contributed by atoms with van der Waals surface area (Å²) in [5.74, 6) is 1.24. The van der Waals surface area contributed by atoms with Crippen LogP contribution in [0.5, 0.6) is 5.75 Å². The topological polar surface area (TPSA) is 50.4 Å². The monoisotopic (exact) mass is 234 g/mol. The Morgan fingerprint density at radius 3 is 2.94 bits per heavy atom. The van der Waals surface area contributed by atoms with Crippen molar-refractivity contribution in [2.24, 2.45) is 5.92 Å². The fourth-order valence-electron chi connectivity index (χ4n) is 1.86. The lowest BCUT2D eigenvalue weighted by molar-refractivity contribution is -0.123. The van der Waals surface area contributed by atoms with Gasteiger partial charge in [-0.05, 0) is 37.6 Å². The smallest absolute Gasteiger partial charge is 0.257 e. The van der Waals surface area contributed by atoms with Crippen LogP contribution >= 0.6 is 0 Å². The number of carbonyl (C=O) groups is 1. The first kappa shape index (κ1) is 11.9. The molecule has 0 radical (unpaired) electrons. The van der Waals surface area contributed by atoms with Gasteiger partial charge in [0.15, 0.2) is 6.61 Å². The molecule has 1 aliphatic rings. The van der Waals surface area contributed by atoms with Gasteiger partial charge in [-0.1, -0.05) is 18.2 Å². The lowest BCUT2D eigenvalue weighted by Crippen LogP contribution is -2.33. The zero-order valence-electron chi connectivity index (χ0n) is 9.82. The number of nitrogens with one attached hydrogen (secondary N) is 2. The predicted octanol–water partition coefficient (Wildman–Crippen LogP) is 0.791. The van der Waals surface area contributed by atoms with Crippen molar-refractivity contribution in [1.82, 2.24) is 10.6 Å². The standard InChI is InChI=1S/C13H18N2O2/c16-13(15-9-11-6-7-14-8-11)10-17-12-4-2-1-3-5-12/h1-5,11,14H,6-10H2,(H,15,16). The summed E-state index contributed by atoms with van der Waals surface area (Å²) in [6, 6.07) is 9.37. The van der Waals surface area contributed by atoms with E-state index in [1.54, 1.807) is 0 Å². The van der Waals surface area contributed by atoms with E-state index in [9.17, 15) is 4.79 Å². The van der Waals surface area contributed by atoms with Crippen LogP contribution in [0.3, 0.4) is 0 Å². The molecule has 17 heavy (non-hydrogen) atoms. The number of ether oxygens (including phenoxy) is 1. The maximum Gasteiger partial charge on any atom is 0.257 e. The molecule has 1 amide bonds. The molecule has 1 aliphatic heterocycles. The van der Waals surface area contributed by atoms with Crippen LogP contribution in [-0.2, 0) is 4.79 Å². The van der Waals surface area contributed by atoms with Crippen molar-refractivity contribution < 1.29 is 9.53 Å². The Hall–Kier alpha value is -1.55. The average Bonchev–Trinajstić information content (AvgIpc) is 2.88. The van der Waals surface area contributed by atoms with Crippen molar-refractivity contribution in [2.45, 2.75) is 6.42 Å². The molecule has 1 heterocycles. The molecule has 2 N–H and O–H groups in total. The number of carbonyl (C=O) groups excluding carboxylic acids is 1. The van der Waals surface area contributed by atoms with Crippen LogP contribution in [0.15, 0.2) is 30.3 Å². The second-order valence-corrected chi connectivity index (χ2v) is 4.26. The summed E-state index contributed by atoms with van der Waals surface area (Å²) in [6.45, 7) is 2.88. The first-order valence-electron chi connectivity index (χ1n) is 6.00. The number of hydrogen-bond acceptors (Lipinski definition) is 3. The maximum atomic E-state index is 11.5. The van der Waals surface area contributed by atoms with Crippen LogP contribution in [0.2, 0.25) is 0 Å². The van der Waals surface area contributed by atoms with Gasteiger partial charge in [-0.15, -0.1) is 0 Å². The molecule has 0 aromatic heterocycles. The number of para-hydroxylation sites is 1. The highest BCUT2D eigenvalue weighted by molar-refractivity contribution is 5.77. The molecule has 0 aliphatic carbocycles. The van der Waals surface area contributed by atoms with Crippen molar-refractivity contribution in [3.63, 3.8) is 0 Å². The van der Waals surface area contributed by atoms with Crippen LogP contribution in [0.25, 0.3) is 0 Å². The fraction of sp³-hybridized carbons (Fsp3) is 0.462. The van der Waals surface area contributed by atoms with E-state index in [1.165, 1.54) is 0 Å². The summed E-state index contributed by atoms with van der Waals surface area (Å²) >= 11 is 0. The van der Waals surface area contributed by atoms with Crippen LogP contribution in [-0.4, -0.2) is 32.1 Å². The molecule has 1 unspecified atom stereocenters. The van der Waals surface area contributed by atoms with E-state index in [1.807, 2.05) is 30.3 Å². The van der Waals surface area contributed by atoms with E-state index in [2.05, 4.69) is 10.6 Å². The molecule has 4 heteroatoms. The van der Waals surface area contributed by atoms with Gasteiger partial charge in [0.1, 0.15) is 5.75 Å². The first-order chi connectivity index (χ1) is 8.34. The Bertz CT molecular complexity index is 348. The van der Waals surface area contributed by atoms with Gasteiger partial charge in [0, 0.05) is 6.54 Å². The Labute approximate surface area is 101 Å². The molecule has 0 saturated carbocycles. The van der Waals surface area contributed by atoms with Crippen LogP contribution in [0, 0.1) is 5.92 Å². The van der Waals surface area contributed by atoms with E-state index >= 15 is 0 Å². The molecule has 1 atom stereocenters. The van der Waals surface area contributed by atoms with Gasteiger partial charge in [0.25, 0.3) is 5.91 Å². The van der Waals surface area contributed by atoms with E-state index in [0.717, 1.165) is 31.8 Å². The zero-order chi connectivity index (χ0) is 11.9. The zero-order valence-corrected chi connectivity index (χ0v) is 9.82.